The number of halogens is 1. The molecule has 2 N–H and O–H groups in total. The average molecular weight is 274 g/mol. The number of amides is 2. The Hall–Kier alpha value is -1.63. The summed E-state index contributed by atoms with van der Waals surface area (Å²) in [4.78, 5) is 11.4. The van der Waals surface area contributed by atoms with Crippen LogP contribution < -0.4 is 10.0 Å². The molecule has 2 amide bonds. The van der Waals surface area contributed by atoms with Crippen LogP contribution in [0.25, 0.3) is 0 Å². The van der Waals surface area contributed by atoms with E-state index in [1.807, 2.05) is 4.72 Å². The molecule has 0 aliphatic rings. The summed E-state index contributed by atoms with van der Waals surface area (Å²) in [6.07, 6.45) is 0.402. The van der Waals surface area contributed by atoms with Crippen LogP contribution in [0.5, 0.6) is 0 Å². The van der Waals surface area contributed by atoms with E-state index in [1.165, 1.54) is 31.2 Å². The molecule has 1 unspecified atom stereocenters. The van der Waals surface area contributed by atoms with Crippen LogP contribution in [0, 0.1) is 5.82 Å². The minimum Gasteiger partial charge on any atom is -0.307 e. The lowest BCUT2D eigenvalue weighted by Crippen LogP contribution is -2.39. The van der Waals surface area contributed by atoms with Crippen molar-refractivity contribution < 1.29 is 17.6 Å². The normalized spacial score (nSPS) is 12.8. The number of nitrogens with one attached hydrogen (secondary N) is 2. The van der Waals surface area contributed by atoms with Crippen molar-refractivity contribution in [3.05, 3.63) is 30.1 Å². The highest BCUT2D eigenvalue weighted by Crippen LogP contribution is 2.08. The molecule has 1 aromatic carbocycles. The molecule has 0 heterocycles. The summed E-state index contributed by atoms with van der Waals surface area (Å²) in [5, 5.41) is 1.65. The molecule has 0 spiro atoms. The summed E-state index contributed by atoms with van der Waals surface area (Å²) >= 11 is 0. The van der Waals surface area contributed by atoms with Crippen LogP contribution in [0.2, 0.25) is 0 Å². The van der Waals surface area contributed by atoms with Crippen molar-refractivity contribution in [1.82, 2.24) is 4.72 Å². The number of sulfonamides is 1. The minimum atomic E-state index is -3.67. The molecule has 5 nitrogen and oxygen atoms in total. The van der Waals surface area contributed by atoms with Crippen molar-refractivity contribution in [3.63, 3.8) is 0 Å². The lowest BCUT2D eigenvalue weighted by atomic mass is 10.3. The summed E-state index contributed by atoms with van der Waals surface area (Å²) in [5.41, 5.74) is 0.313. The average Bonchev–Trinajstić information content (AvgIpc) is 2.30. The molecule has 0 fully saturated rings. The summed E-state index contributed by atoms with van der Waals surface area (Å²) in [7, 11) is -3.67. The van der Waals surface area contributed by atoms with Crippen LogP contribution in [-0.2, 0) is 10.0 Å². The second-order valence-corrected chi connectivity index (χ2v) is 5.93. The highest BCUT2D eigenvalue weighted by atomic mass is 32.2. The molecule has 1 aromatic rings. The first-order valence-electron chi connectivity index (χ1n) is 5.43. The number of benzene rings is 1. The summed E-state index contributed by atoms with van der Waals surface area (Å²) in [6, 6.07) is 4.15. The summed E-state index contributed by atoms with van der Waals surface area (Å²) in [6.45, 7) is 3.22. The van der Waals surface area contributed by atoms with Crippen LogP contribution in [0.15, 0.2) is 24.3 Å². The van der Waals surface area contributed by atoms with E-state index in [2.05, 4.69) is 5.32 Å². The number of hydrogen-bond donors (Lipinski definition) is 2. The van der Waals surface area contributed by atoms with Crippen molar-refractivity contribution >= 4 is 21.7 Å². The SMILES string of the molecule is CCC(C)S(=O)(=O)NC(=O)Nc1ccc(F)cc1. The van der Waals surface area contributed by atoms with E-state index in [-0.39, 0.29) is 0 Å². The number of rotatable bonds is 4. The fourth-order valence-electron chi connectivity index (χ4n) is 1.14. The van der Waals surface area contributed by atoms with Crippen molar-refractivity contribution in [1.29, 1.82) is 0 Å². The molecular weight excluding hydrogens is 259 g/mol. The van der Waals surface area contributed by atoms with Crippen LogP contribution in [0.1, 0.15) is 20.3 Å². The zero-order valence-electron chi connectivity index (χ0n) is 10.1. The van der Waals surface area contributed by atoms with Crippen LogP contribution in [-0.4, -0.2) is 19.7 Å². The summed E-state index contributed by atoms with van der Waals surface area (Å²) < 4.78 is 37.7. The Balaban J connectivity index is 2.65. The van der Waals surface area contributed by atoms with Gasteiger partial charge in [0, 0.05) is 5.69 Å². The fourth-order valence-corrected chi connectivity index (χ4v) is 2.09. The molecule has 0 saturated carbocycles. The molecule has 1 rings (SSSR count). The molecule has 0 aromatic heterocycles. The zero-order chi connectivity index (χ0) is 13.8. The Labute approximate surface area is 105 Å². The van der Waals surface area contributed by atoms with E-state index >= 15 is 0 Å². The van der Waals surface area contributed by atoms with Crippen LogP contribution >= 0.6 is 0 Å². The topological polar surface area (TPSA) is 75.3 Å². The second-order valence-electron chi connectivity index (χ2n) is 3.83. The van der Waals surface area contributed by atoms with E-state index in [4.69, 9.17) is 0 Å². The van der Waals surface area contributed by atoms with Gasteiger partial charge in [-0.2, -0.15) is 0 Å². The molecule has 0 aliphatic carbocycles. The third-order valence-electron chi connectivity index (χ3n) is 2.44. The standard InChI is InChI=1S/C11H15FN2O3S/c1-3-8(2)18(16,17)14-11(15)13-10-6-4-9(12)5-7-10/h4-8H,3H2,1-2H3,(H2,13,14,15). The van der Waals surface area contributed by atoms with Gasteiger partial charge < -0.3 is 5.32 Å². The summed E-state index contributed by atoms with van der Waals surface area (Å²) in [5.74, 6) is -0.437. The third-order valence-corrected chi connectivity index (χ3v) is 4.30. The van der Waals surface area contributed by atoms with Gasteiger partial charge in [0.25, 0.3) is 0 Å². The molecule has 1 atom stereocenters. The van der Waals surface area contributed by atoms with Crippen molar-refractivity contribution in [2.75, 3.05) is 5.32 Å². The lowest BCUT2D eigenvalue weighted by Gasteiger charge is -2.12. The molecule has 0 aliphatic heterocycles. The first kappa shape index (κ1) is 14.4. The maximum atomic E-state index is 12.6. The van der Waals surface area contributed by atoms with Crippen molar-refractivity contribution in [2.45, 2.75) is 25.5 Å². The Kier molecular flexibility index (Phi) is 4.66. The smallest absolute Gasteiger partial charge is 0.307 e. The maximum absolute atomic E-state index is 12.6. The number of carbonyl (C=O) groups is 1. The Morgan fingerprint density at radius 2 is 1.89 bits per heavy atom. The van der Waals surface area contributed by atoms with Crippen molar-refractivity contribution in [2.24, 2.45) is 0 Å². The highest BCUT2D eigenvalue weighted by Gasteiger charge is 2.21. The predicted molar refractivity (Wildman–Crippen MR) is 67.2 cm³/mol. The van der Waals surface area contributed by atoms with Gasteiger partial charge in [0.1, 0.15) is 5.82 Å². The van der Waals surface area contributed by atoms with E-state index in [9.17, 15) is 17.6 Å². The number of carbonyl (C=O) groups excluding carboxylic acids is 1. The van der Waals surface area contributed by atoms with E-state index in [0.717, 1.165) is 0 Å². The van der Waals surface area contributed by atoms with E-state index in [1.54, 1.807) is 6.92 Å². The number of hydrogen-bond acceptors (Lipinski definition) is 3. The van der Waals surface area contributed by atoms with E-state index < -0.39 is 27.1 Å². The number of anilines is 1. The maximum Gasteiger partial charge on any atom is 0.332 e. The van der Waals surface area contributed by atoms with Gasteiger partial charge in [0.15, 0.2) is 0 Å². The van der Waals surface area contributed by atoms with Gasteiger partial charge in [-0.05, 0) is 37.6 Å². The zero-order valence-corrected chi connectivity index (χ0v) is 10.9. The molecular formula is C11H15FN2O3S. The van der Waals surface area contributed by atoms with Gasteiger partial charge in [0.05, 0.1) is 5.25 Å². The Bertz CT molecular complexity index is 514. The van der Waals surface area contributed by atoms with Gasteiger partial charge in [-0.25, -0.2) is 22.3 Å². The molecule has 18 heavy (non-hydrogen) atoms. The molecule has 0 saturated heterocycles. The fraction of sp³-hybridized carbons (Fsp3) is 0.364. The molecule has 7 heteroatoms. The highest BCUT2D eigenvalue weighted by molar-refractivity contribution is 7.90. The molecule has 0 bridgehead atoms. The predicted octanol–water partition coefficient (Wildman–Crippen LogP) is 2.08. The van der Waals surface area contributed by atoms with Gasteiger partial charge in [-0.3, -0.25) is 0 Å². The second kappa shape index (κ2) is 5.81. The van der Waals surface area contributed by atoms with Gasteiger partial charge in [0.2, 0.25) is 10.0 Å². The lowest BCUT2D eigenvalue weighted by molar-refractivity contribution is 0.256. The third kappa shape index (κ3) is 3.99. The Morgan fingerprint density at radius 1 is 1.33 bits per heavy atom. The minimum absolute atomic E-state index is 0.313. The van der Waals surface area contributed by atoms with Crippen LogP contribution in [0.4, 0.5) is 14.9 Å². The Morgan fingerprint density at radius 3 is 2.39 bits per heavy atom. The first-order valence-corrected chi connectivity index (χ1v) is 6.98. The van der Waals surface area contributed by atoms with Gasteiger partial charge in [-0.15, -0.1) is 0 Å². The number of urea groups is 1. The van der Waals surface area contributed by atoms with Gasteiger partial charge in [-0.1, -0.05) is 6.92 Å². The largest absolute Gasteiger partial charge is 0.332 e. The molecule has 100 valence electrons. The van der Waals surface area contributed by atoms with Gasteiger partial charge >= 0.3 is 6.03 Å². The van der Waals surface area contributed by atoms with Crippen molar-refractivity contribution in [3.8, 4) is 0 Å². The quantitative estimate of drug-likeness (QED) is 0.882. The molecule has 0 radical (unpaired) electrons. The first-order chi connectivity index (χ1) is 8.35. The van der Waals surface area contributed by atoms with E-state index in [0.29, 0.717) is 12.1 Å². The van der Waals surface area contributed by atoms with Crippen LogP contribution in [0.3, 0.4) is 0 Å². The monoisotopic (exact) mass is 274 g/mol.